The van der Waals surface area contributed by atoms with E-state index in [4.69, 9.17) is 0 Å². The lowest BCUT2D eigenvalue weighted by atomic mass is 10.1. The number of aromatic hydroxyl groups is 1. The third-order valence-electron chi connectivity index (χ3n) is 5.66. The first kappa shape index (κ1) is 26.5. The molecule has 0 radical (unpaired) electrons. The zero-order valence-corrected chi connectivity index (χ0v) is 20.3. The molecule has 0 aliphatic rings. The molecule has 0 aliphatic carbocycles. The van der Waals surface area contributed by atoms with Crippen LogP contribution >= 0.6 is 0 Å². The van der Waals surface area contributed by atoms with Crippen LogP contribution < -0.4 is 15.1 Å². The number of halogens is 3. The van der Waals surface area contributed by atoms with E-state index in [0.29, 0.717) is 23.8 Å². The predicted octanol–water partition coefficient (Wildman–Crippen LogP) is 5.73. The molecule has 3 rings (SSSR count). The second-order valence-electron chi connectivity index (χ2n) is 8.06. The summed E-state index contributed by atoms with van der Waals surface area (Å²) in [7, 11) is 0. The Morgan fingerprint density at radius 2 is 1.61 bits per heavy atom. The van der Waals surface area contributed by atoms with Crippen LogP contribution in [0, 0.1) is 13.8 Å². The summed E-state index contributed by atoms with van der Waals surface area (Å²) in [6.45, 7) is 8.14. The number of alkyl halides is 3. The summed E-state index contributed by atoms with van der Waals surface area (Å²) in [4.78, 5) is 32.1. The Morgan fingerprint density at radius 1 is 0.972 bits per heavy atom. The fourth-order valence-electron chi connectivity index (χ4n) is 3.78. The number of amides is 2. The van der Waals surface area contributed by atoms with Gasteiger partial charge in [0.25, 0.3) is 5.91 Å². The number of carbonyl (C=O) groups is 2. The first-order valence-electron chi connectivity index (χ1n) is 11.3. The summed E-state index contributed by atoms with van der Waals surface area (Å²) in [6.07, 6.45) is -5.19. The van der Waals surface area contributed by atoms with Crippen molar-refractivity contribution in [1.29, 1.82) is 0 Å². The number of phenols is 1. The van der Waals surface area contributed by atoms with Crippen molar-refractivity contribution in [2.24, 2.45) is 0 Å². The maximum Gasteiger partial charge on any atom is 0.472 e. The van der Waals surface area contributed by atoms with Crippen molar-refractivity contribution < 1.29 is 27.9 Å². The number of hydrogen-bond acceptors (Lipinski definition) is 5. The van der Waals surface area contributed by atoms with Gasteiger partial charge in [0.2, 0.25) is 0 Å². The fraction of sp³-hybridized carbons (Fsp3) is 0.269. The summed E-state index contributed by atoms with van der Waals surface area (Å²) >= 11 is 0. The van der Waals surface area contributed by atoms with E-state index in [1.165, 1.54) is 26.0 Å². The number of benzene rings is 2. The number of aromatic nitrogens is 1. The number of rotatable bonds is 7. The summed E-state index contributed by atoms with van der Waals surface area (Å²) in [5.74, 6) is -2.49. The molecular formula is C26H27F3N4O3. The van der Waals surface area contributed by atoms with E-state index < -0.39 is 18.0 Å². The van der Waals surface area contributed by atoms with Crippen LogP contribution in [0.15, 0.2) is 54.6 Å². The van der Waals surface area contributed by atoms with E-state index in [9.17, 15) is 27.9 Å². The molecule has 0 spiro atoms. The highest BCUT2D eigenvalue weighted by molar-refractivity contribution is 6.08. The van der Waals surface area contributed by atoms with Crippen molar-refractivity contribution in [2.75, 3.05) is 28.2 Å². The molecule has 10 heteroatoms. The molecule has 36 heavy (non-hydrogen) atoms. The van der Waals surface area contributed by atoms with Crippen LogP contribution in [0.3, 0.4) is 0 Å². The molecule has 2 N–H and O–H groups in total. The van der Waals surface area contributed by atoms with Crippen LogP contribution in [-0.2, 0) is 4.79 Å². The first-order chi connectivity index (χ1) is 17.0. The maximum atomic E-state index is 13.7. The van der Waals surface area contributed by atoms with Crippen LogP contribution in [0.5, 0.6) is 5.75 Å². The van der Waals surface area contributed by atoms with Gasteiger partial charge in [-0.2, -0.15) is 13.2 Å². The molecule has 0 saturated carbocycles. The summed E-state index contributed by atoms with van der Waals surface area (Å²) < 4.78 is 41.2. The van der Waals surface area contributed by atoms with Crippen molar-refractivity contribution in [2.45, 2.75) is 33.9 Å². The number of aryl methyl sites for hydroxylation is 2. The second kappa shape index (κ2) is 10.7. The Hall–Kier alpha value is -4.08. The average Bonchev–Trinajstić information content (AvgIpc) is 2.83. The number of nitrogens with zero attached hydrogens (tertiary/aromatic N) is 3. The van der Waals surface area contributed by atoms with E-state index in [0.717, 1.165) is 6.07 Å². The Bertz CT molecular complexity index is 1260. The van der Waals surface area contributed by atoms with E-state index in [2.05, 4.69) is 10.3 Å². The topological polar surface area (TPSA) is 85.8 Å². The van der Waals surface area contributed by atoms with Gasteiger partial charge in [-0.05, 0) is 69.7 Å². The molecule has 0 atom stereocenters. The molecule has 1 heterocycles. The van der Waals surface area contributed by atoms with Gasteiger partial charge >= 0.3 is 12.1 Å². The van der Waals surface area contributed by atoms with Crippen LogP contribution in [0.25, 0.3) is 0 Å². The van der Waals surface area contributed by atoms with Gasteiger partial charge in [0.15, 0.2) is 0 Å². The number of hydrogen-bond donors (Lipinski definition) is 2. The van der Waals surface area contributed by atoms with E-state index in [-0.39, 0.29) is 39.6 Å². The molecule has 7 nitrogen and oxygen atoms in total. The van der Waals surface area contributed by atoms with Crippen LogP contribution in [0.1, 0.15) is 35.5 Å². The third-order valence-corrected chi connectivity index (χ3v) is 5.66. The van der Waals surface area contributed by atoms with Crippen molar-refractivity contribution in [1.82, 2.24) is 4.98 Å². The standard InChI is InChI=1S/C26H27F3N4O3/c1-5-32(6-2)23-13-12-20(17(4)30-23)33(25(36)26(27,28)29)21-15-19(22(34)14-16(21)3)31-24(35)18-10-8-7-9-11-18/h7-15,34H,5-6H2,1-4H3,(H,31,35). The zero-order valence-electron chi connectivity index (χ0n) is 20.3. The highest BCUT2D eigenvalue weighted by Gasteiger charge is 2.44. The van der Waals surface area contributed by atoms with Gasteiger partial charge in [0.1, 0.15) is 11.6 Å². The minimum absolute atomic E-state index is 0.0673. The van der Waals surface area contributed by atoms with Crippen molar-refractivity contribution in [3.05, 3.63) is 71.4 Å². The van der Waals surface area contributed by atoms with Gasteiger partial charge in [-0.1, -0.05) is 18.2 Å². The van der Waals surface area contributed by atoms with E-state index in [1.54, 1.807) is 36.4 Å². The van der Waals surface area contributed by atoms with Gasteiger partial charge in [0.05, 0.1) is 22.8 Å². The van der Waals surface area contributed by atoms with Crippen LogP contribution in [0.2, 0.25) is 0 Å². The number of carbonyl (C=O) groups excluding carboxylic acids is 2. The Labute approximate surface area is 207 Å². The molecule has 0 unspecified atom stereocenters. The molecule has 0 fully saturated rings. The molecule has 0 aliphatic heterocycles. The van der Waals surface area contributed by atoms with Crippen molar-refractivity contribution in [3.63, 3.8) is 0 Å². The number of nitrogens with one attached hydrogen (secondary N) is 1. The van der Waals surface area contributed by atoms with Gasteiger partial charge in [-0.3, -0.25) is 14.5 Å². The summed E-state index contributed by atoms with van der Waals surface area (Å²) in [5, 5.41) is 12.9. The van der Waals surface area contributed by atoms with Crippen LogP contribution in [-0.4, -0.2) is 41.2 Å². The number of anilines is 4. The largest absolute Gasteiger partial charge is 0.506 e. The zero-order chi connectivity index (χ0) is 26.6. The summed E-state index contributed by atoms with van der Waals surface area (Å²) in [6, 6.07) is 13.4. The number of phenolic OH excluding ortho intramolecular Hbond substituents is 1. The van der Waals surface area contributed by atoms with Gasteiger partial charge < -0.3 is 15.3 Å². The molecule has 190 valence electrons. The minimum atomic E-state index is -5.19. The molecule has 0 saturated heterocycles. The molecule has 2 aromatic carbocycles. The Morgan fingerprint density at radius 3 is 2.17 bits per heavy atom. The van der Waals surface area contributed by atoms with Crippen molar-refractivity contribution >= 4 is 34.7 Å². The van der Waals surface area contributed by atoms with E-state index >= 15 is 0 Å². The lowest BCUT2D eigenvalue weighted by Gasteiger charge is -2.28. The van der Waals surface area contributed by atoms with Gasteiger partial charge in [-0.15, -0.1) is 0 Å². The highest BCUT2D eigenvalue weighted by Crippen LogP contribution is 2.39. The molecule has 2 amide bonds. The van der Waals surface area contributed by atoms with Crippen molar-refractivity contribution in [3.8, 4) is 5.75 Å². The monoisotopic (exact) mass is 500 g/mol. The highest BCUT2D eigenvalue weighted by atomic mass is 19.4. The fourth-order valence-corrected chi connectivity index (χ4v) is 3.78. The Kier molecular flexibility index (Phi) is 7.87. The summed E-state index contributed by atoms with van der Waals surface area (Å²) in [5.41, 5.74) is 0.319. The SMILES string of the molecule is CCN(CC)c1ccc(N(C(=O)C(F)(F)F)c2cc(NC(=O)c3ccccc3)c(O)cc2C)c(C)n1. The third kappa shape index (κ3) is 5.59. The molecule has 3 aromatic rings. The molecule has 0 bridgehead atoms. The lowest BCUT2D eigenvalue weighted by Crippen LogP contribution is -2.39. The smallest absolute Gasteiger partial charge is 0.472 e. The average molecular weight is 501 g/mol. The van der Waals surface area contributed by atoms with Gasteiger partial charge in [0, 0.05) is 18.7 Å². The van der Waals surface area contributed by atoms with E-state index in [1.807, 2.05) is 18.7 Å². The Balaban J connectivity index is 2.13. The predicted molar refractivity (Wildman–Crippen MR) is 133 cm³/mol. The first-order valence-corrected chi connectivity index (χ1v) is 11.3. The lowest BCUT2D eigenvalue weighted by molar-refractivity contribution is -0.169. The normalized spacial score (nSPS) is 11.2. The quantitative estimate of drug-likeness (QED) is 0.405. The number of pyridine rings is 1. The molecule has 1 aromatic heterocycles. The minimum Gasteiger partial charge on any atom is -0.506 e. The van der Waals surface area contributed by atoms with Crippen LogP contribution in [0.4, 0.5) is 36.1 Å². The second-order valence-corrected chi connectivity index (χ2v) is 8.06. The molecular weight excluding hydrogens is 473 g/mol. The van der Waals surface area contributed by atoms with Gasteiger partial charge in [-0.25, -0.2) is 4.98 Å². The maximum absolute atomic E-state index is 13.7.